The molecule has 1 aromatic carbocycles. The van der Waals surface area contributed by atoms with Crippen LogP contribution in [0.15, 0.2) is 66.0 Å². The quantitative estimate of drug-likeness (QED) is 0.428. The van der Waals surface area contributed by atoms with E-state index in [9.17, 15) is 4.79 Å². The first-order chi connectivity index (χ1) is 15.1. The van der Waals surface area contributed by atoms with Crippen LogP contribution in [0.4, 0.5) is 10.7 Å². The van der Waals surface area contributed by atoms with Crippen LogP contribution < -0.4 is 21.7 Å². The van der Waals surface area contributed by atoms with E-state index in [1.807, 2.05) is 55.0 Å². The lowest BCUT2D eigenvalue weighted by molar-refractivity contribution is 0.249. The van der Waals surface area contributed by atoms with Crippen molar-refractivity contribution in [1.29, 1.82) is 0 Å². The van der Waals surface area contributed by atoms with Crippen LogP contribution in [0.5, 0.6) is 0 Å². The summed E-state index contributed by atoms with van der Waals surface area (Å²) in [6.07, 6.45) is 6.53. The molecule has 9 heteroatoms. The zero-order valence-corrected chi connectivity index (χ0v) is 17.0. The normalized spacial score (nSPS) is 15.5. The van der Waals surface area contributed by atoms with Gasteiger partial charge in [-0.1, -0.05) is 24.3 Å². The molecule has 1 aliphatic heterocycles. The van der Waals surface area contributed by atoms with Crippen molar-refractivity contribution < 1.29 is 4.79 Å². The molecule has 158 valence electrons. The highest BCUT2D eigenvalue weighted by atomic mass is 16.2. The average molecular weight is 416 g/mol. The molecule has 1 unspecified atom stereocenters. The first-order valence-corrected chi connectivity index (χ1v) is 10.0. The second-order valence-electron chi connectivity index (χ2n) is 7.35. The average Bonchev–Trinajstić information content (AvgIpc) is 3.29. The Morgan fingerprint density at radius 2 is 1.94 bits per heavy atom. The number of rotatable bonds is 5. The summed E-state index contributed by atoms with van der Waals surface area (Å²) in [5.41, 5.74) is 14.3. The van der Waals surface area contributed by atoms with Crippen molar-refractivity contribution in [2.75, 3.05) is 18.0 Å². The summed E-state index contributed by atoms with van der Waals surface area (Å²) < 4.78 is 0. The molecule has 1 fully saturated rings. The molecule has 0 radical (unpaired) electrons. The molecule has 3 heterocycles. The number of nitrogens with zero attached hydrogens (tertiary/aromatic N) is 5. The van der Waals surface area contributed by atoms with Gasteiger partial charge >= 0.3 is 6.03 Å². The Balaban J connectivity index is 1.40. The fourth-order valence-electron chi connectivity index (χ4n) is 3.63. The second kappa shape index (κ2) is 9.21. The van der Waals surface area contributed by atoms with E-state index >= 15 is 0 Å². The van der Waals surface area contributed by atoms with Crippen molar-refractivity contribution in [3.05, 3.63) is 72.3 Å². The molecular formula is C22H24N8O. The van der Waals surface area contributed by atoms with Crippen LogP contribution in [-0.2, 0) is 6.54 Å². The van der Waals surface area contributed by atoms with E-state index in [4.69, 9.17) is 11.5 Å². The third-order valence-corrected chi connectivity index (χ3v) is 5.15. The third-order valence-electron chi connectivity index (χ3n) is 5.15. The minimum Gasteiger partial charge on any atom is -0.370 e. The Hall–Kier alpha value is -4.01. The van der Waals surface area contributed by atoms with Crippen LogP contribution in [0.3, 0.4) is 0 Å². The highest BCUT2D eigenvalue weighted by Gasteiger charge is 2.26. The van der Waals surface area contributed by atoms with Crippen molar-refractivity contribution in [1.82, 2.24) is 20.3 Å². The van der Waals surface area contributed by atoms with Crippen LogP contribution in [0.25, 0.3) is 11.1 Å². The van der Waals surface area contributed by atoms with Crippen LogP contribution in [0.1, 0.15) is 23.6 Å². The number of nitrogens with one attached hydrogen (secondary N) is 1. The SMILES string of the molecule is NC(N)=NC(=O)NCc1cccc(-c2cnc(N3CCC(c4ccccn4)C3)nc2)c1. The molecule has 31 heavy (non-hydrogen) atoms. The molecule has 0 saturated carbocycles. The molecule has 3 aromatic rings. The Labute approximate surface area is 180 Å². The van der Waals surface area contributed by atoms with Gasteiger partial charge in [-0.15, -0.1) is 0 Å². The standard InChI is InChI=1S/C22H24N8O/c23-20(24)29-22(31)28-11-15-4-3-5-16(10-15)18-12-26-21(27-13-18)30-9-7-17(14-30)19-6-1-2-8-25-19/h1-6,8,10,12-13,17H,7,9,11,14H2,(H5,23,24,28,29,31). The number of hydrogen-bond acceptors (Lipinski definition) is 5. The number of carbonyl (C=O) groups excluding carboxylic acids is 1. The van der Waals surface area contributed by atoms with Gasteiger partial charge in [-0.2, -0.15) is 4.99 Å². The molecule has 0 aliphatic carbocycles. The summed E-state index contributed by atoms with van der Waals surface area (Å²) >= 11 is 0. The molecule has 0 bridgehead atoms. The number of benzene rings is 1. The van der Waals surface area contributed by atoms with Crippen LogP contribution in [0.2, 0.25) is 0 Å². The highest BCUT2D eigenvalue weighted by Crippen LogP contribution is 2.28. The number of carbonyl (C=O) groups is 1. The van der Waals surface area contributed by atoms with Gasteiger partial charge in [0.15, 0.2) is 5.96 Å². The van der Waals surface area contributed by atoms with Crippen molar-refractivity contribution >= 4 is 17.9 Å². The zero-order valence-electron chi connectivity index (χ0n) is 17.0. The molecule has 0 spiro atoms. The van der Waals surface area contributed by atoms with E-state index in [2.05, 4.69) is 36.2 Å². The van der Waals surface area contributed by atoms with Crippen molar-refractivity contribution in [3.8, 4) is 11.1 Å². The van der Waals surface area contributed by atoms with Crippen LogP contribution in [-0.4, -0.2) is 40.0 Å². The number of aliphatic imine (C=N–C) groups is 1. The third kappa shape index (κ3) is 5.13. The summed E-state index contributed by atoms with van der Waals surface area (Å²) in [4.78, 5) is 30.8. The van der Waals surface area contributed by atoms with Crippen molar-refractivity contribution in [3.63, 3.8) is 0 Å². The highest BCUT2D eigenvalue weighted by molar-refractivity contribution is 5.90. The molecule has 2 aromatic heterocycles. The number of aromatic nitrogens is 3. The number of guanidine groups is 1. The molecule has 9 nitrogen and oxygen atoms in total. The fraction of sp³-hybridized carbons (Fsp3) is 0.227. The maximum atomic E-state index is 11.6. The molecule has 2 amide bonds. The van der Waals surface area contributed by atoms with Gasteiger partial charge in [0.25, 0.3) is 0 Å². The van der Waals surface area contributed by atoms with Gasteiger partial charge in [0, 0.05) is 55.4 Å². The lowest BCUT2D eigenvalue weighted by Crippen LogP contribution is -2.28. The Bertz CT molecular complexity index is 1060. The number of nitrogens with two attached hydrogens (primary N) is 2. The monoisotopic (exact) mass is 416 g/mol. The molecule has 1 aliphatic rings. The predicted molar refractivity (Wildman–Crippen MR) is 119 cm³/mol. The predicted octanol–water partition coefficient (Wildman–Crippen LogP) is 2.02. The van der Waals surface area contributed by atoms with E-state index in [0.717, 1.165) is 47.8 Å². The fourth-order valence-corrected chi connectivity index (χ4v) is 3.63. The lowest BCUT2D eigenvalue weighted by atomic mass is 10.0. The van der Waals surface area contributed by atoms with Crippen LogP contribution >= 0.6 is 0 Å². The first kappa shape index (κ1) is 20.3. The number of pyridine rings is 1. The smallest absolute Gasteiger partial charge is 0.344 e. The van der Waals surface area contributed by atoms with Gasteiger partial charge in [-0.3, -0.25) is 4.98 Å². The Kier molecular flexibility index (Phi) is 6.02. The number of anilines is 1. The van der Waals surface area contributed by atoms with Gasteiger partial charge in [-0.25, -0.2) is 14.8 Å². The Morgan fingerprint density at radius 3 is 2.68 bits per heavy atom. The van der Waals surface area contributed by atoms with Gasteiger partial charge in [0.2, 0.25) is 5.95 Å². The molecule has 1 atom stereocenters. The largest absolute Gasteiger partial charge is 0.370 e. The van der Waals surface area contributed by atoms with Crippen molar-refractivity contribution in [2.24, 2.45) is 16.5 Å². The topological polar surface area (TPSA) is 135 Å². The second-order valence-corrected chi connectivity index (χ2v) is 7.35. The molecular weight excluding hydrogens is 392 g/mol. The maximum absolute atomic E-state index is 11.6. The Morgan fingerprint density at radius 1 is 1.10 bits per heavy atom. The van der Waals surface area contributed by atoms with Gasteiger partial charge in [0.05, 0.1) is 0 Å². The van der Waals surface area contributed by atoms with Gasteiger partial charge in [0.1, 0.15) is 0 Å². The summed E-state index contributed by atoms with van der Waals surface area (Å²) in [6.45, 7) is 2.08. The zero-order chi connectivity index (χ0) is 21.6. The summed E-state index contributed by atoms with van der Waals surface area (Å²) in [6, 6.07) is 13.2. The van der Waals surface area contributed by atoms with Gasteiger partial charge < -0.3 is 21.7 Å². The van der Waals surface area contributed by atoms with E-state index in [1.54, 1.807) is 0 Å². The van der Waals surface area contributed by atoms with Crippen molar-refractivity contribution in [2.45, 2.75) is 18.9 Å². The summed E-state index contributed by atoms with van der Waals surface area (Å²) in [7, 11) is 0. The van der Waals surface area contributed by atoms with E-state index < -0.39 is 6.03 Å². The lowest BCUT2D eigenvalue weighted by Gasteiger charge is -2.16. The summed E-state index contributed by atoms with van der Waals surface area (Å²) in [5, 5.41) is 2.64. The van der Waals surface area contributed by atoms with E-state index in [1.165, 1.54) is 0 Å². The molecule has 5 N–H and O–H groups in total. The number of amides is 2. The molecule has 1 saturated heterocycles. The van der Waals surface area contributed by atoms with Crippen LogP contribution in [0, 0.1) is 0 Å². The minimum absolute atomic E-state index is 0.271. The number of urea groups is 1. The minimum atomic E-state index is -0.576. The number of hydrogen-bond donors (Lipinski definition) is 3. The van der Waals surface area contributed by atoms with E-state index in [0.29, 0.717) is 12.5 Å². The first-order valence-electron chi connectivity index (χ1n) is 10.0. The summed E-state index contributed by atoms with van der Waals surface area (Å²) in [5.74, 6) is 0.853. The van der Waals surface area contributed by atoms with E-state index in [-0.39, 0.29) is 5.96 Å². The van der Waals surface area contributed by atoms with Gasteiger partial charge in [-0.05, 0) is 35.7 Å². The maximum Gasteiger partial charge on any atom is 0.344 e. The molecule has 4 rings (SSSR count).